The van der Waals surface area contributed by atoms with Crippen molar-refractivity contribution in [2.24, 2.45) is 0 Å². The number of nitrogens with one attached hydrogen (secondary N) is 1. The molecule has 0 saturated carbocycles. The monoisotopic (exact) mass is 1000 g/mol. The molecule has 0 bridgehead atoms. The number of aromatic nitrogens is 6. The quantitative estimate of drug-likeness (QED) is 0.113. The van der Waals surface area contributed by atoms with Crippen molar-refractivity contribution in [3.8, 4) is 22.8 Å². The van der Waals surface area contributed by atoms with E-state index in [0.29, 0.717) is 35.2 Å². The summed E-state index contributed by atoms with van der Waals surface area (Å²) in [4.78, 5) is 30.1. The highest BCUT2D eigenvalue weighted by atomic mass is 35.5. The van der Waals surface area contributed by atoms with Gasteiger partial charge in [-0.2, -0.15) is 79.0 Å². The Balaban J connectivity index is 0.000000298. The zero-order valence-corrected chi connectivity index (χ0v) is 32.6. The molecule has 2 aromatic heterocycles. The first kappa shape index (κ1) is 54.4. The average molecular weight is 1000 g/mol. The lowest BCUT2D eigenvalue weighted by Crippen LogP contribution is -2.70. The van der Waals surface area contributed by atoms with Crippen molar-refractivity contribution < 1.29 is 104 Å². The number of benzene rings is 2. The minimum absolute atomic E-state index is 0. The normalized spacial score (nSPS) is 16.3. The summed E-state index contributed by atoms with van der Waals surface area (Å²) in [6, 6.07) is 1.73. The Kier molecular flexibility index (Phi) is 15.7. The van der Waals surface area contributed by atoms with E-state index >= 15 is 0 Å². The van der Waals surface area contributed by atoms with Crippen LogP contribution in [0.4, 0.5) is 79.0 Å². The van der Waals surface area contributed by atoms with Crippen molar-refractivity contribution in [2.45, 2.75) is 48.3 Å². The smallest absolute Gasteiger partial charge is 0.420 e. The van der Waals surface area contributed by atoms with Crippen LogP contribution in [-0.4, -0.2) is 111 Å². The minimum Gasteiger partial charge on any atom is -0.478 e. The van der Waals surface area contributed by atoms with Crippen LogP contribution in [0.15, 0.2) is 61.2 Å². The van der Waals surface area contributed by atoms with E-state index in [2.05, 4.69) is 25.5 Å². The van der Waals surface area contributed by atoms with Crippen LogP contribution in [0, 0.1) is 0 Å². The van der Waals surface area contributed by atoms with E-state index in [1.165, 1.54) is 0 Å². The van der Waals surface area contributed by atoms with Gasteiger partial charge in [0.05, 0.1) is 35.3 Å². The molecule has 0 aliphatic carbocycles. The topological polar surface area (TPSA) is 172 Å². The van der Waals surface area contributed by atoms with Crippen LogP contribution in [0.3, 0.4) is 0 Å². The standard InChI is InChI=1S/C17H11F9N4O2.C13H7F6N3O2.C4H6F3NO.ClH/c18-15(19,20)10-3-9(4-11(5-10)16(21,22)23)13-27-8-30(28-13)2-1-12(31)29-6-14(32,7-29)17(24,25)26;14-12(15,16)8-3-7(4-9(5-8)13(17,18)19)11-20-6-22(21-11)2-1-10(23)24;5-4(6,7)3(9)1-8-2-3;/h1-5,8,32H,6-7H2;1-6H,(H,23,24);8-9H,1-2H2;1H/b2*2-1-;;. The summed E-state index contributed by atoms with van der Waals surface area (Å²) in [5, 5.41) is 35.9. The first-order valence-electron chi connectivity index (χ1n) is 17.0. The second-order valence-electron chi connectivity index (χ2n) is 13.5. The number of carboxylic acid groups (broad SMARTS) is 1. The molecule has 13 nitrogen and oxygen atoms in total. The maximum Gasteiger partial charge on any atom is 0.420 e. The van der Waals surface area contributed by atoms with E-state index in [1.54, 1.807) is 0 Å². The predicted octanol–water partition coefficient (Wildman–Crippen LogP) is 7.43. The summed E-state index contributed by atoms with van der Waals surface area (Å²) in [6.07, 6.45) is -24.4. The number of carboxylic acids is 1. The highest BCUT2D eigenvalue weighted by Crippen LogP contribution is 2.41. The minimum atomic E-state index is -5.07. The van der Waals surface area contributed by atoms with Gasteiger partial charge in [-0.1, -0.05) is 0 Å². The van der Waals surface area contributed by atoms with Gasteiger partial charge in [-0.05, 0) is 36.4 Å². The number of amides is 1. The van der Waals surface area contributed by atoms with E-state index in [4.69, 9.17) is 10.2 Å². The number of hydrogen-bond acceptors (Lipinski definition) is 9. The Labute approximate surface area is 361 Å². The predicted molar refractivity (Wildman–Crippen MR) is 188 cm³/mol. The molecule has 66 heavy (non-hydrogen) atoms. The summed E-state index contributed by atoms with van der Waals surface area (Å²) in [5.74, 6) is -3.18. The Bertz CT molecular complexity index is 2340. The number of hydrogen-bond donors (Lipinski definition) is 4. The number of alkyl halides is 18. The van der Waals surface area contributed by atoms with Crippen LogP contribution in [0.1, 0.15) is 22.3 Å². The van der Waals surface area contributed by atoms with E-state index in [1.807, 2.05) is 0 Å². The summed E-state index contributed by atoms with van der Waals surface area (Å²) in [6.45, 7) is -2.74. The lowest BCUT2D eigenvalue weighted by atomic mass is 9.93. The van der Waals surface area contributed by atoms with Gasteiger partial charge in [0.2, 0.25) is 5.91 Å². The molecule has 0 radical (unpaired) electrons. The molecule has 2 aromatic carbocycles. The number of carbonyl (C=O) groups is 2. The first-order valence-corrected chi connectivity index (χ1v) is 17.0. The molecule has 2 aliphatic heterocycles. The zero-order valence-electron chi connectivity index (χ0n) is 31.8. The molecule has 0 unspecified atom stereocenters. The lowest BCUT2D eigenvalue weighted by molar-refractivity contribution is -0.296. The van der Waals surface area contributed by atoms with Crippen molar-refractivity contribution in [1.29, 1.82) is 0 Å². The van der Waals surface area contributed by atoms with Gasteiger partial charge < -0.3 is 25.5 Å². The molecular formula is C34H25ClF18N8O5. The number of carbonyl (C=O) groups excluding carboxylic acids is 1. The molecule has 2 saturated heterocycles. The molecular weight excluding hydrogens is 978 g/mol. The van der Waals surface area contributed by atoms with Gasteiger partial charge in [-0.25, -0.2) is 24.1 Å². The molecule has 364 valence electrons. The fourth-order valence-corrected chi connectivity index (χ4v) is 4.99. The van der Waals surface area contributed by atoms with Gasteiger partial charge in [-0.3, -0.25) is 4.79 Å². The van der Waals surface area contributed by atoms with Crippen LogP contribution in [0.5, 0.6) is 0 Å². The van der Waals surface area contributed by atoms with E-state index in [9.17, 15) is 93.7 Å². The Hall–Kier alpha value is -5.95. The molecule has 4 heterocycles. The third kappa shape index (κ3) is 13.6. The number of rotatable bonds is 6. The number of β-amino-alcohol motifs (C(OH)–C–C–N with tert-alkyl or cyclic N) is 2. The molecule has 2 aliphatic rings. The second-order valence-corrected chi connectivity index (χ2v) is 13.5. The molecule has 1 amide bonds. The number of nitrogens with zero attached hydrogens (tertiary/aromatic N) is 7. The summed E-state index contributed by atoms with van der Waals surface area (Å²) in [7, 11) is 0. The van der Waals surface area contributed by atoms with E-state index in [-0.39, 0.29) is 37.6 Å². The van der Waals surface area contributed by atoms with E-state index in [0.717, 1.165) is 40.5 Å². The fraction of sp³-hybridized carbons (Fsp3) is 0.353. The van der Waals surface area contributed by atoms with Crippen molar-refractivity contribution >= 4 is 36.7 Å². The second kappa shape index (κ2) is 19.1. The van der Waals surface area contributed by atoms with Crippen LogP contribution in [0.2, 0.25) is 0 Å². The maximum atomic E-state index is 13.0. The Morgan fingerprint density at radius 3 is 1.15 bits per heavy atom. The molecule has 6 rings (SSSR count). The molecule has 4 N–H and O–H groups in total. The van der Waals surface area contributed by atoms with Crippen molar-refractivity contribution in [3.63, 3.8) is 0 Å². The lowest BCUT2D eigenvalue weighted by Gasteiger charge is -2.46. The van der Waals surface area contributed by atoms with Gasteiger partial charge in [-0.15, -0.1) is 22.6 Å². The molecule has 32 heteroatoms. The third-order valence-electron chi connectivity index (χ3n) is 8.56. The highest BCUT2D eigenvalue weighted by Gasteiger charge is 2.62. The van der Waals surface area contributed by atoms with Crippen molar-refractivity contribution in [3.05, 3.63) is 83.5 Å². The Morgan fingerprint density at radius 2 is 0.894 bits per heavy atom. The van der Waals surface area contributed by atoms with Gasteiger partial charge >= 0.3 is 43.0 Å². The van der Waals surface area contributed by atoms with Crippen molar-refractivity contribution in [1.82, 2.24) is 39.7 Å². The number of halogens is 19. The van der Waals surface area contributed by atoms with Crippen LogP contribution in [0.25, 0.3) is 35.2 Å². The molecule has 0 atom stereocenters. The fourth-order valence-electron chi connectivity index (χ4n) is 4.99. The van der Waals surface area contributed by atoms with Crippen LogP contribution >= 0.6 is 12.4 Å². The maximum absolute atomic E-state index is 13.0. The number of aliphatic carboxylic acids is 1. The largest absolute Gasteiger partial charge is 0.478 e. The average Bonchev–Trinajstić information content (AvgIpc) is 3.82. The number of likely N-dealkylation sites (tertiary alicyclic amines) is 1. The highest BCUT2D eigenvalue weighted by molar-refractivity contribution is 5.91. The van der Waals surface area contributed by atoms with Gasteiger partial charge in [0, 0.05) is 48.8 Å². The summed E-state index contributed by atoms with van der Waals surface area (Å²) < 4.78 is 229. The zero-order chi connectivity index (χ0) is 49.4. The van der Waals surface area contributed by atoms with E-state index < -0.39 is 118 Å². The number of aliphatic hydroxyl groups is 2. The SMILES string of the molecule is Cl.O=C(/C=C\n1cnc(-c2cc(C(F)(F)F)cc(C(F)(F)F)c2)n1)N1CC(O)(C(F)(F)F)C1.O=C(O)/C=C\n1cnc(-c2cc(C(F)(F)F)cc(C(F)(F)F)c2)n1.OC1(C(F)(F)F)CNC1. The molecule has 2 fully saturated rings. The summed E-state index contributed by atoms with van der Waals surface area (Å²) >= 11 is 0. The van der Waals surface area contributed by atoms with Crippen LogP contribution in [-0.2, 0) is 34.3 Å². The van der Waals surface area contributed by atoms with Gasteiger partial charge in [0.15, 0.2) is 22.9 Å². The molecule has 4 aromatic rings. The summed E-state index contributed by atoms with van der Waals surface area (Å²) in [5.41, 5.74) is -12.7. The molecule has 0 spiro atoms. The van der Waals surface area contributed by atoms with Gasteiger partial charge in [0.25, 0.3) is 0 Å². The van der Waals surface area contributed by atoms with Gasteiger partial charge in [0.1, 0.15) is 12.7 Å². The van der Waals surface area contributed by atoms with Crippen molar-refractivity contribution in [2.75, 3.05) is 26.2 Å². The van der Waals surface area contributed by atoms with Crippen LogP contribution < -0.4 is 5.32 Å². The Morgan fingerprint density at radius 1 is 0.561 bits per heavy atom. The third-order valence-corrected chi connectivity index (χ3v) is 8.56. The first-order chi connectivity index (χ1) is 29.4.